The molecule has 0 bridgehead atoms. The summed E-state index contributed by atoms with van der Waals surface area (Å²) in [4.78, 5) is 2.32. The first-order chi connectivity index (χ1) is 8.99. The van der Waals surface area contributed by atoms with Crippen LogP contribution in [0.15, 0.2) is 18.2 Å². The van der Waals surface area contributed by atoms with E-state index in [4.69, 9.17) is 5.73 Å². The van der Waals surface area contributed by atoms with Crippen LogP contribution in [-0.2, 0) is 6.42 Å². The summed E-state index contributed by atoms with van der Waals surface area (Å²) >= 11 is 0. The molecule has 2 nitrogen and oxygen atoms in total. The van der Waals surface area contributed by atoms with Crippen LogP contribution >= 0.6 is 0 Å². The summed E-state index contributed by atoms with van der Waals surface area (Å²) in [6, 6.07) is 5.36. The zero-order valence-electron chi connectivity index (χ0n) is 12.2. The Morgan fingerprint density at radius 2 is 2.11 bits per heavy atom. The number of benzene rings is 1. The first kappa shape index (κ1) is 14.3. The number of hydrogen-bond donors (Lipinski definition) is 1. The van der Waals surface area contributed by atoms with Crippen molar-refractivity contribution in [3.63, 3.8) is 0 Å². The van der Waals surface area contributed by atoms with Crippen molar-refractivity contribution in [2.75, 3.05) is 18.0 Å². The number of nitrogens with two attached hydrogens (primary N) is 1. The summed E-state index contributed by atoms with van der Waals surface area (Å²) in [5.41, 5.74) is 7.67. The normalized spacial score (nSPS) is 25.4. The number of halogens is 1. The van der Waals surface area contributed by atoms with Gasteiger partial charge in [-0.05, 0) is 43.7 Å². The molecule has 19 heavy (non-hydrogen) atoms. The minimum Gasteiger partial charge on any atom is -0.371 e. The maximum Gasteiger partial charge on any atom is 0.128 e. The highest BCUT2D eigenvalue weighted by atomic mass is 19.1. The Labute approximate surface area is 115 Å². The second-order valence-electron chi connectivity index (χ2n) is 6.11. The quantitative estimate of drug-likeness (QED) is 0.908. The Bertz CT molecular complexity index is 431. The van der Waals surface area contributed by atoms with E-state index < -0.39 is 0 Å². The average molecular weight is 264 g/mol. The van der Waals surface area contributed by atoms with Crippen molar-refractivity contribution >= 4 is 5.69 Å². The van der Waals surface area contributed by atoms with Gasteiger partial charge >= 0.3 is 0 Å². The third kappa shape index (κ3) is 3.27. The lowest BCUT2D eigenvalue weighted by molar-refractivity contribution is 0.323. The Morgan fingerprint density at radius 1 is 1.37 bits per heavy atom. The van der Waals surface area contributed by atoms with Gasteiger partial charge in [0.2, 0.25) is 0 Å². The minimum atomic E-state index is -0.124. The first-order valence-corrected chi connectivity index (χ1v) is 7.27. The highest BCUT2D eigenvalue weighted by Gasteiger charge is 2.25. The molecule has 1 heterocycles. The molecule has 1 aromatic carbocycles. The van der Waals surface area contributed by atoms with Crippen molar-refractivity contribution in [2.45, 2.75) is 39.7 Å². The molecule has 3 atom stereocenters. The van der Waals surface area contributed by atoms with Gasteiger partial charge in [-0.15, -0.1) is 0 Å². The van der Waals surface area contributed by atoms with Crippen LogP contribution in [0, 0.1) is 17.7 Å². The summed E-state index contributed by atoms with van der Waals surface area (Å²) in [6.07, 6.45) is 1.78. The van der Waals surface area contributed by atoms with Gasteiger partial charge in [-0.25, -0.2) is 4.39 Å². The Morgan fingerprint density at radius 3 is 2.74 bits per heavy atom. The molecule has 1 aliphatic rings. The zero-order valence-corrected chi connectivity index (χ0v) is 12.2. The van der Waals surface area contributed by atoms with Gasteiger partial charge in [-0.2, -0.15) is 0 Å². The lowest BCUT2D eigenvalue weighted by Gasteiger charge is -2.38. The fourth-order valence-electron chi connectivity index (χ4n) is 2.85. The fraction of sp³-hybridized carbons (Fsp3) is 0.625. The van der Waals surface area contributed by atoms with E-state index in [2.05, 4.69) is 18.7 Å². The number of piperidine rings is 1. The van der Waals surface area contributed by atoms with E-state index in [-0.39, 0.29) is 11.9 Å². The highest BCUT2D eigenvalue weighted by molar-refractivity contribution is 5.55. The molecular formula is C16H25FN2. The van der Waals surface area contributed by atoms with Crippen molar-refractivity contribution in [1.29, 1.82) is 0 Å². The van der Waals surface area contributed by atoms with Gasteiger partial charge in [0.15, 0.2) is 0 Å². The molecule has 1 saturated heterocycles. The van der Waals surface area contributed by atoms with Crippen molar-refractivity contribution in [1.82, 2.24) is 0 Å². The highest BCUT2D eigenvalue weighted by Crippen LogP contribution is 2.30. The monoisotopic (exact) mass is 264 g/mol. The van der Waals surface area contributed by atoms with Crippen LogP contribution in [0.1, 0.15) is 32.8 Å². The van der Waals surface area contributed by atoms with Gasteiger partial charge in [0.05, 0.1) is 0 Å². The van der Waals surface area contributed by atoms with Crippen LogP contribution < -0.4 is 10.6 Å². The summed E-state index contributed by atoms with van der Waals surface area (Å²) in [6.45, 7) is 8.53. The predicted molar refractivity (Wildman–Crippen MR) is 78.9 cm³/mol. The molecule has 0 aliphatic carbocycles. The summed E-state index contributed by atoms with van der Waals surface area (Å²) in [5.74, 6) is 1.28. The van der Waals surface area contributed by atoms with E-state index >= 15 is 0 Å². The molecule has 0 saturated carbocycles. The molecule has 1 aliphatic heterocycles. The van der Waals surface area contributed by atoms with Crippen LogP contribution in [0.5, 0.6) is 0 Å². The number of anilines is 1. The van der Waals surface area contributed by atoms with Crippen LogP contribution in [0.4, 0.5) is 10.1 Å². The summed E-state index contributed by atoms with van der Waals surface area (Å²) < 4.78 is 14.1. The maximum absolute atomic E-state index is 14.1. The van der Waals surface area contributed by atoms with Gasteiger partial charge in [0, 0.05) is 30.4 Å². The predicted octanol–water partition coefficient (Wildman–Crippen LogP) is 3.20. The Kier molecular flexibility index (Phi) is 4.46. The summed E-state index contributed by atoms with van der Waals surface area (Å²) in [5, 5.41) is 0. The molecule has 3 unspecified atom stereocenters. The second kappa shape index (κ2) is 5.91. The van der Waals surface area contributed by atoms with Gasteiger partial charge in [-0.3, -0.25) is 0 Å². The van der Waals surface area contributed by atoms with E-state index in [1.807, 2.05) is 13.0 Å². The molecule has 1 fully saturated rings. The molecule has 2 N–H and O–H groups in total. The van der Waals surface area contributed by atoms with E-state index in [1.54, 1.807) is 6.07 Å². The molecule has 0 aromatic heterocycles. The van der Waals surface area contributed by atoms with E-state index in [0.29, 0.717) is 12.3 Å². The first-order valence-electron chi connectivity index (χ1n) is 7.27. The van der Waals surface area contributed by atoms with Crippen LogP contribution in [0.2, 0.25) is 0 Å². The third-order valence-corrected chi connectivity index (χ3v) is 4.30. The van der Waals surface area contributed by atoms with Gasteiger partial charge in [0.1, 0.15) is 5.82 Å². The zero-order chi connectivity index (χ0) is 14.0. The Hall–Kier alpha value is -1.09. The van der Waals surface area contributed by atoms with Crippen molar-refractivity contribution in [3.8, 4) is 0 Å². The van der Waals surface area contributed by atoms with Gasteiger partial charge in [0.25, 0.3) is 0 Å². The van der Waals surface area contributed by atoms with E-state index in [0.717, 1.165) is 30.3 Å². The smallest absolute Gasteiger partial charge is 0.128 e. The lowest BCUT2D eigenvalue weighted by Crippen LogP contribution is -2.39. The molecule has 3 heteroatoms. The van der Waals surface area contributed by atoms with Crippen LogP contribution in [0.3, 0.4) is 0 Å². The van der Waals surface area contributed by atoms with E-state index in [1.165, 1.54) is 12.5 Å². The number of nitrogens with zero attached hydrogens (tertiary/aromatic N) is 1. The SMILES string of the molecule is CC(N)Cc1c(F)cccc1N1CCC(C)C(C)C1. The molecule has 0 amide bonds. The average Bonchev–Trinajstić information content (AvgIpc) is 2.35. The van der Waals surface area contributed by atoms with Gasteiger partial charge < -0.3 is 10.6 Å². The molecule has 0 spiro atoms. The lowest BCUT2D eigenvalue weighted by atomic mass is 9.88. The maximum atomic E-state index is 14.1. The van der Waals surface area contributed by atoms with Crippen LogP contribution in [-0.4, -0.2) is 19.1 Å². The molecule has 1 aromatic rings. The van der Waals surface area contributed by atoms with Gasteiger partial charge in [-0.1, -0.05) is 19.9 Å². The van der Waals surface area contributed by atoms with E-state index in [9.17, 15) is 4.39 Å². The summed E-state index contributed by atoms with van der Waals surface area (Å²) in [7, 11) is 0. The standard InChI is InChI=1S/C16H25FN2/c1-11-7-8-19(10-12(11)2)16-6-4-5-15(17)14(16)9-13(3)18/h4-6,11-13H,7-10,18H2,1-3H3. The molecule has 106 valence electrons. The van der Waals surface area contributed by atoms with Crippen molar-refractivity contribution < 1.29 is 4.39 Å². The molecule has 0 radical (unpaired) electrons. The number of rotatable bonds is 3. The Balaban J connectivity index is 2.26. The largest absolute Gasteiger partial charge is 0.371 e. The van der Waals surface area contributed by atoms with Crippen LogP contribution in [0.25, 0.3) is 0 Å². The minimum absolute atomic E-state index is 0.0169. The van der Waals surface area contributed by atoms with Crippen molar-refractivity contribution in [2.24, 2.45) is 17.6 Å². The third-order valence-electron chi connectivity index (χ3n) is 4.30. The van der Waals surface area contributed by atoms with Crippen molar-refractivity contribution in [3.05, 3.63) is 29.6 Å². The topological polar surface area (TPSA) is 29.3 Å². The molecule has 2 rings (SSSR count). The fourth-order valence-corrected chi connectivity index (χ4v) is 2.85. The molecular weight excluding hydrogens is 239 g/mol. The number of hydrogen-bond acceptors (Lipinski definition) is 2. The second-order valence-corrected chi connectivity index (χ2v) is 6.11.